The molecule has 5 heteroatoms. The molecule has 1 aromatic rings. The summed E-state index contributed by atoms with van der Waals surface area (Å²) in [7, 11) is 5.42. The van der Waals surface area contributed by atoms with Crippen molar-refractivity contribution in [1.29, 1.82) is 0 Å². The van der Waals surface area contributed by atoms with Crippen LogP contribution in [0.3, 0.4) is 0 Å². The Hall–Kier alpha value is -1.75. The molecule has 0 saturated carbocycles. The highest BCUT2D eigenvalue weighted by atomic mass is 16.5. The van der Waals surface area contributed by atoms with Gasteiger partial charge in [0.2, 0.25) is 0 Å². The maximum absolute atomic E-state index is 12.2. The van der Waals surface area contributed by atoms with E-state index in [1.165, 1.54) is 24.0 Å². The molecule has 2 aliphatic rings. The standard InChI is InChI=1S/C22H35N3O2/c1-5-12-25(19-10-13-24(14-11-19)22(26)23(2)3)20-8-6-17-7-9-21(27-4)16-18(17)15-20/h7,9,16,19-20H,5-6,8,10-15H2,1-4H3. The predicted octanol–water partition coefficient (Wildman–Crippen LogP) is 3.41. The Bertz CT molecular complexity index is 638. The first-order valence-corrected chi connectivity index (χ1v) is 10.4. The minimum atomic E-state index is 0.147. The molecule has 0 radical (unpaired) electrons. The summed E-state index contributed by atoms with van der Waals surface area (Å²) in [6.07, 6.45) is 6.85. The van der Waals surface area contributed by atoms with E-state index in [4.69, 9.17) is 4.74 Å². The molecule has 150 valence electrons. The number of fused-ring (bicyclic) bond motifs is 1. The third kappa shape index (κ3) is 4.57. The number of benzene rings is 1. The molecule has 0 bridgehead atoms. The lowest BCUT2D eigenvalue weighted by Gasteiger charge is -2.44. The Kier molecular flexibility index (Phi) is 6.64. The van der Waals surface area contributed by atoms with Gasteiger partial charge in [0.05, 0.1) is 7.11 Å². The van der Waals surface area contributed by atoms with Crippen LogP contribution in [-0.2, 0) is 12.8 Å². The lowest BCUT2D eigenvalue weighted by Crippen LogP contribution is -2.53. The molecular weight excluding hydrogens is 338 g/mol. The number of methoxy groups -OCH3 is 1. The van der Waals surface area contributed by atoms with Gasteiger partial charge in [-0.05, 0) is 68.3 Å². The van der Waals surface area contributed by atoms with E-state index in [2.05, 4.69) is 30.0 Å². The zero-order valence-corrected chi connectivity index (χ0v) is 17.4. The Labute approximate surface area is 164 Å². The Morgan fingerprint density at radius 1 is 1.15 bits per heavy atom. The fraction of sp³-hybridized carbons (Fsp3) is 0.682. The number of carbonyl (C=O) groups is 1. The molecule has 1 aliphatic heterocycles. The molecule has 27 heavy (non-hydrogen) atoms. The van der Waals surface area contributed by atoms with E-state index >= 15 is 0 Å². The SMILES string of the molecule is CCCN(C1CCN(C(=O)N(C)C)CC1)C1CCc2ccc(OC)cc2C1. The van der Waals surface area contributed by atoms with E-state index in [1.54, 1.807) is 12.0 Å². The molecule has 1 saturated heterocycles. The molecule has 1 aliphatic carbocycles. The highest BCUT2D eigenvalue weighted by Crippen LogP contribution is 2.30. The van der Waals surface area contributed by atoms with E-state index in [0.717, 1.165) is 51.1 Å². The summed E-state index contributed by atoms with van der Waals surface area (Å²) in [5, 5.41) is 0. The van der Waals surface area contributed by atoms with Crippen molar-refractivity contribution in [2.45, 2.75) is 57.5 Å². The van der Waals surface area contributed by atoms with Gasteiger partial charge < -0.3 is 14.5 Å². The highest BCUT2D eigenvalue weighted by Gasteiger charge is 2.32. The zero-order valence-electron chi connectivity index (χ0n) is 17.4. The molecule has 0 spiro atoms. The highest BCUT2D eigenvalue weighted by molar-refractivity contribution is 5.73. The number of hydrogen-bond acceptors (Lipinski definition) is 3. The summed E-state index contributed by atoms with van der Waals surface area (Å²) in [5.41, 5.74) is 2.93. The first kappa shape index (κ1) is 20.0. The third-order valence-corrected chi connectivity index (χ3v) is 6.15. The molecule has 0 aromatic heterocycles. The number of carbonyl (C=O) groups excluding carboxylic acids is 1. The van der Waals surface area contributed by atoms with Crippen LogP contribution in [-0.4, -0.2) is 73.7 Å². The minimum absolute atomic E-state index is 0.147. The van der Waals surface area contributed by atoms with Gasteiger partial charge in [-0.1, -0.05) is 13.0 Å². The van der Waals surface area contributed by atoms with Crippen LogP contribution in [0.4, 0.5) is 4.79 Å². The van der Waals surface area contributed by atoms with Crippen molar-refractivity contribution in [3.8, 4) is 5.75 Å². The fourth-order valence-electron chi connectivity index (χ4n) is 4.72. The average Bonchev–Trinajstić information content (AvgIpc) is 2.70. The quantitative estimate of drug-likeness (QED) is 0.793. The molecular formula is C22H35N3O2. The molecule has 5 nitrogen and oxygen atoms in total. The van der Waals surface area contributed by atoms with Gasteiger partial charge in [-0.25, -0.2) is 4.79 Å². The van der Waals surface area contributed by atoms with Crippen molar-refractivity contribution < 1.29 is 9.53 Å². The topological polar surface area (TPSA) is 36.0 Å². The average molecular weight is 374 g/mol. The van der Waals surface area contributed by atoms with Crippen molar-refractivity contribution >= 4 is 6.03 Å². The number of rotatable bonds is 5. The van der Waals surface area contributed by atoms with Gasteiger partial charge in [-0.3, -0.25) is 4.90 Å². The van der Waals surface area contributed by atoms with Crippen molar-refractivity contribution in [2.24, 2.45) is 0 Å². The Morgan fingerprint density at radius 3 is 2.52 bits per heavy atom. The molecule has 0 N–H and O–H groups in total. The largest absolute Gasteiger partial charge is 0.497 e. The van der Waals surface area contributed by atoms with Crippen molar-refractivity contribution in [3.63, 3.8) is 0 Å². The Balaban J connectivity index is 1.66. The second-order valence-corrected chi connectivity index (χ2v) is 8.16. The normalized spacial score (nSPS) is 20.5. The molecule has 1 unspecified atom stereocenters. The predicted molar refractivity (Wildman–Crippen MR) is 109 cm³/mol. The van der Waals surface area contributed by atoms with Gasteiger partial charge in [-0.2, -0.15) is 0 Å². The van der Waals surface area contributed by atoms with Crippen molar-refractivity contribution in [2.75, 3.05) is 40.8 Å². The van der Waals surface area contributed by atoms with E-state index in [0.29, 0.717) is 12.1 Å². The van der Waals surface area contributed by atoms with Crippen LogP contribution in [0.15, 0.2) is 18.2 Å². The number of amides is 2. The number of hydrogen-bond donors (Lipinski definition) is 0. The fourth-order valence-corrected chi connectivity index (χ4v) is 4.72. The van der Waals surface area contributed by atoms with Gasteiger partial charge in [-0.15, -0.1) is 0 Å². The maximum Gasteiger partial charge on any atom is 0.319 e. The van der Waals surface area contributed by atoms with E-state index in [-0.39, 0.29) is 6.03 Å². The number of piperidine rings is 1. The lowest BCUT2D eigenvalue weighted by atomic mass is 9.86. The van der Waals surface area contributed by atoms with Gasteiger partial charge in [0, 0.05) is 39.3 Å². The molecule has 3 rings (SSSR count). The first-order chi connectivity index (χ1) is 13.0. The van der Waals surface area contributed by atoms with Crippen molar-refractivity contribution in [3.05, 3.63) is 29.3 Å². The van der Waals surface area contributed by atoms with Crippen LogP contribution in [0, 0.1) is 0 Å². The van der Waals surface area contributed by atoms with E-state index in [1.807, 2.05) is 19.0 Å². The molecule has 1 atom stereocenters. The summed E-state index contributed by atoms with van der Waals surface area (Å²) >= 11 is 0. The Morgan fingerprint density at radius 2 is 1.89 bits per heavy atom. The van der Waals surface area contributed by atoms with Gasteiger partial charge in [0.15, 0.2) is 0 Å². The smallest absolute Gasteiger partial charge is 0.319 e. The van der Waals surface area contributed by atoms with Crippen LogP contribution in [0.1, 0.15) is 43.7 Å². The summed E-state index contributed by atoms with van der Waals surface area (Å²) in [5.74, 6) is 0.965. The number of aryl methyl sites for hydroxylation is 1. The summed E-state index contributed by atoms with van der Waals surface area (Å²) < 4.78 is 5.44. The van der Waals surface area contributed by atoms with Crippen LogP contribution in [0.2, 0.25) is 0 Å². The zero-order chi connectivity index (χ0) is 19.4. The number of nitrogens with zero attached hydrogens (tertiary/aromatic N) is 3. The van der Waals surface area contributed by atoms with E-state index < -0.39 is 0 Å². The summed E-state index contributed by atoms with van der Waals surface area (Å²) in [6.45, 7) is 5.17. The van der Waals surface area contributed by atoms with E-state index in [9.17, 15) is 4.79 Å². The van der Waals surface area contributed by atoms with Crippen LogP contribution >= 0.6 is 0 Å². The number of likely N-dealkylation sites (tertiary alicyclic amines) is 1. The molecule has 1 fully saturated rings. The van der Waals surface area contributed by atoms with Crippen molar-refractivity contribution in [1.82, 2.24) is 14.7 Å². The van der Waals surface area contributed by atoms with Gasteiger partial charge in [0.25, 0.3) is 0 Å². The number of ether oxygens (including phenoxy) is 1. The van der Waals surface area contributed by atoms with Gasteiger partial charge >= 0.3 is 6.03 Å². The first-order valence-electron chi connectivity index (χ1n) is 10.4. The summed E-state index contributed by atoms with van der Waals surface area (Å²) in [6, 6.07) is 7.89. The van der Waals surface area contributed by atoms with Crippen LogP contribution < -0.4 is 4.74 Å². The van der Waals surface area contributed by atoms with Crippen LogP contribution in [0.25, 0.3) is 0 Å². The molecule has 1 aromatic carbocycles. The minimum Gasteiger partial charge on any atom is -0.497 e. The maximum atomic E-state index is 12.2. The molecule has 2 amide bonds. The number of urea groups is 1. The third-order valence-electron chi connectivity index (χ3n) is 6.15. The van der Waals surface area contributed by atoms with Gasteiger partial charge in [0.1, 0.15) is 5.75 Å². The molecule has 1 heterocycles. The second-order valence-electron chi connectivity index (χ2n) is 8.16. The second kappa shape index (κ2) is 8.96. The monoisotopic (exact) mass is 373 g/mol. The van der Waals surface area contributed by atoms with Crippen LogP contribution in [0.5, 0.6) is 5.75 Å². The lowest BCUT2D eigenvalue weighted by molar-refractivity contribution is 0.0706. The summed E-state index contributed by atoms with van der Waals surface area (Å²) in [4.78, 5) is 18.7.